The zero-order chi connectivity index (χ0) is 21.4. The van der Waals surface area contributed by atoms with Gasteiger partial charge in [0.2, 0.25) is 0 Å². The number of rotatable bonds is 7. The second-order valence-corrected chi connectivity index (χ2v) is 7.43. The molecule has 8 heteroatoms. The lowest BCUT2D eigenvalue weighted by atomic mass is 9.81. The normalized spacial score (nSPS) is 17.3. The zero-order valence-electron chi connectivity index (χ0n) is 16.9. The van der Waals surface area contributed by atoms with Crippen LogP contribution in [0.2, 0.25) is 0 Å². The van der Waals surface area contributed by atoms with Gasteiger partial charge in [-0.1, -0.05) is 49.6 Å². The number of hydrogen-bond donors (Lipinski definition) is 2. The van der Waals surface area contributed by atoms with Crippen molar-refractivity contribution in [3.05, 3.63) is 35.9 Å². The Bertz CT molecular complexity index is 769. The summed E-state index contributed by atoms with van der Waals surface area (Å²) in [4.78, 5) is 38.2. The highest BCUT2D eigenvalue weighted by molar-refractivity contribution is 5.87. The van der Waals surface area contributed by atoms with Gasteiger partial charge >= 0.3 is 12.0 Å². The lowest BCUT2D eigenvalue weighted by Gasteiger charge is -2.40. The molecular weight excluding hydrogens is 372 g/mol. The first-order valence-electron chi connectivity index (χ1n) is 9.78. The van der Waals surface area contributed by atoms with E-state index in [-0.39, 0.29) is 6.42 Å². The number of nitrogens with two attached hydrogens (primary N) is 1. The monoisotopic (exact) mass is 400 g/mol. The van der Waals surface area contributed by atoms with E-state index in [0.717, 1.165) is 24.8 Å². The lowest BCUT2D eigenvalue weighted by Crippen LogP contribution is -2.54. The maximum atomic E-state index is 12.8. The molecule has 29 heavy (non-hydrogen) atoms. The van der Waals surface area contributed by atoms with Crippen LogP contribution < -0.4 is 11.1 Å². The van der Waals surface area contributed by atoms with Crippen LogP contribution in [0.3, 0.4) is 0 Å². The third kappa shape index (κ3) is 5.70. The summed E-state index contributed by atoms with van der Waals surface area (Å²) in [5.74, 6) is -1.20. The smallest absolute Gasteiger partial charge is 0.329 e. The molecule has 1 fully saturated rings. The maximum absolute atomic E-state index is 12.8. The summed E-state index contributed by atoms with van der Waals surface area (Å²) in [6.07, 6.45) is 3.09. The quantitative estimate of drug-likeness (QED) is 0.676. The number of hydrogen-bond acceptors (Lipinski definition) is 5. The van der Waals surface area contributed by atoms with Crippen molar-refractivity contribution in [2.24, 2.45) is 5.73 Å². The fourth-order valence-electron chi connectivity index (χ4n) is 3.66. The average Bonchev–Trinajstić information content (AvgIpc) is 2.73. The fraction of sp³-hybridized carbons (Fsp3) is 0.524. The van der Waals surface area contributed by atoms with Crippen molar-refractivity contribution >= 4 is 17.9 Å². The molecule has 8 nitrogen and oxygen atoms in total. The molecule has 0 unspecified atom stereocenters. The molecule has 0 radical (unpaired) electrons. The van der Waals surface area contributed by atoms with E-state index in [0.29, 0.717) is 12.8 Å². The maximum Gasteiger partial charge on any atom is 0.329 e. The molecule has 0 spiro atoms. The number of benzene rings is 1. The van der Waals surface area contributed by atoms with Gasteiger partial charge in [0.25, 0.3) is 5.91 Å². The standard InChI is InChI=1S/C21H28N4O4/c1-15(18(26)25(2)21(14-22)11-7-4-8-12-21)29-19(27)17(24-20(23)28)13-16-9-5-3-6-10-16/h3,5-6,9-10,15,17H,4,7-8,11-13H2,1-2H3,(H3,23,24,28)/t15-,17+/m1/s1. The molecule has 3 N–H and O–H groups in total. The molecule has 0 aromatic heterocycles. The largest absolute Gasteiger partial charge is 0.451 e. The molecular formula is C21H28N4O4. The average molecular weight is 400 g/mol. The minimum atomic E-state index is -1.09. The van der Waals surface area contributed by atoms with Gasteiger partial charge in [-0.3, -0.25) is 4.79 Å². The van der Waals surface area contributed by atoms with E-state index < -0.39 is 35.6 Å². The number of esters is 1. The van der Waals surface area contributed by atoms with Crippen LogP contribution in [0.15, 0.2) is 30.3 Å². The number of ether oxygens (including phenoxy) is 1. The van der Waals surface area contributed by atoms with Crippen molar-refractivity contribution in [2.45, 2.75) is 63.1 Å². The Morgan fingerprint density at radius 3 is 2.41 bits per heavy atom. The van der Waals surface area contributed by atoms with Gasteiger partial charge in [-0.05, 0) is 25.3 Å². The van der Waals surface area contributed by atoms with Gasteiger partial charge < -0.3 is 20.7 Å². The van der Waals surface area contributed by atoms with E-state index in [4.69, 9.17) is 10.5 Å². The van der Waals surface area contributed by atoms with E-state index in [1.54, 1.807) is 7.05 Å². The summed E-state index contributed by atoms with van der Waals surface area (Å²) in [7, 11) is 1.57. The van der Waals surface area contributed by atoms with Gasteiger partial charge in [-0.15, -0.1) is 0 Å². The number of nitrogens with one attached hydrogen (secondary N) is 1. The molecule has 1 aliphatic rings. The van der Waals surface area contributed by atoms with Crippen LogP contribution in [0.25, 0.3) is 0 Å². The van der Waals surface area contributed by atoms with Crippen molar-refractivity contribution in [1.29, 1.82) is 5.26 Å². The number of likely N-dealkylation sites (N-methyl/N-ethyl adjacent to an activating group) is 1. The minimum Gasteiger partial charge on any atom is -0.451 e. The molecule has 1 aromatic carbocycles. The van der Waals surface area contributed by atoms with Crippen LogP contribution in [-0.2, 0) is 20.7 Å². The molecule has 156 valence electrons. The lowest BCUT2D eigenvalue weighted by molar-refractivity contribution is -0.162. The summed E-state index contributed by atoms with van der Waals surface area (Å²) in [5, 5.41) is 12.0. The number of urea groups is 1. The highest BCUT2D eigenvalue weighted by Gasteiger charge is 2.41. The Labute approximate surface area is 171 Å². The number of primary amides is 1. The van der Waals surface area contributed by atoms with Crippen molar-refractivity contribution in [3.63, 3.8) is 0 Å². The highest BCUT2D eigenvalue weighted by Crippen LogP contribution is 2.32. The SMILES string of the molecule is C[C@@H](OC(=O)[C@H](Cc1ccccc1)NC(N)=O)C(=O)N(C)C1(C#N)CCCCC1. The Kier molecular flexibility index (Phi) is 7.59. The highest BCUT2D eigenvalue weighted by atomic mass is 16.5. The summed E-state index contributed by atoms with van der Waals surface area (Å²) in [6.45, 7) is 1.47. The van der Waals surface area contributed by atoms with Crippen molar-refractivity contribution < 1.29 is 19.1 Å². The van der Waals surface area contributed by atoms with Crippen LogP contribution in [-0.4, -0.2) is 47.5 Å². The van der Waals surface area contributed by atoms with E-state index in [2.05, 4.69) is 11.4 Å². The first-order valence-corrected chi connectivity index (χ1v) is 9.78. The fourth-order valence-corrected chi connectivity index (χ4v) is 3.66. The first-order chi connectivity index (χ1) is 13.8. The van der Waals surface area contributed by atoms with Crippen LogP contribution in [0.1, 0.15) is 44.6 Å². The molecule has 1 aliphatic carbocycles. The van der Waals surface area contributed by atoms with Crippen LogP contribution in [0, 0.1) is 11.3 Å². The minimum absolute atomic E-state index is 0.182. The van der Waals surface area contributed by atoms with Gasteiger partial charge in [-0.2, -0.15) is 5.26 Å². The molecule has 0 aliphatic heterocycles. The third-order valence-corrected chi connectivity index (χ3v) is 5.39. The summed E-state index contributed by atoms with van der Waals surface area (Å²) in [6, 6.07) is 9.49. The van der Waals surface area contributed by atoms with E-state index >= 15 is 0 Å². The molecule has 3 amide bonds. The van der Waals surface area contributed by atoms with Crippen molar-refractivity contribution in [2.75, 3.05) is 7.05 Å². The zero-order valence-corrected chi connectivity index (χ0v) is 16.9. The first kappa shape index (κ1) is 22.2. The van der Waals surface area contributed by atoms with E-state index in [1.807, 2.05) is 30.3 Å². The number of nitriles is 1. The summed E-state index contributed by atoms with van der Waals surface area (Å²) < 4.78 is 5.34. The third-order valence-electron chi connectivity index (χ3n) is 5.39. The second kappa shape index (κ2) is 9.92. The molecule has 2 rings (SSSR count). The van der Waals surface area contributed by atoms with Gasteiger partial charge in [0.15, 0.2) is 6.10 Å². The Morgan fingerprint density at radius 2 is 1.86 bits per heavy atom. The molecule has 1 aromatic rings. The van der Waals surface area contributed by atoms with Crippen LogP contribution in [0.4, 0.5) is 4.79 Å². The Balaban J connectivity index is 2.06. The van der Waals surface area contributed by atoms with Gasteiger partial charge in [-0.25, -0.2) is 9.59 Å². The van der Waals surface area contributed by atoms with Crippen molar-refractivity contribution in [3.8, 4) is 6.07 Å². The predicted molar refractivity (Wildman–Crippen MR) is 106 cm³/mol. The van der Waals surface area contributed by atoms with E-state index in [9.17, 15) is 19.6 Å². The number of nitrogens with zero attached hydrogens (tertiary/aromatic N) is 2. The summed E-state index contributed by atoms with van der Waals surface area (Å²) >= 11 is 0. The molecule has 0 saturated heterocycles. The van der Waals surface area contributed by atoms with Gasteiger partial charge in [0, 0.05) is 13.5 Å². The topological polar surface area (TPSA) is 126 Å². The second-order valence-electron chi connectivity index (χ2n) is 7.43. The molecule has 1 saturated carbocycles. The number of carbonyl (C=O) groups excluding carboxylic acids is 3. The summed E-state index contributed by atoms with van der Waals surface area (Å²) in [5.41, 5.74) is 5.13. The molecule has 0 bridgehead atoms. The van der Waals surface area contributed by atoms with Gasteiger partial charge in [0.05, 0.1) is 6.07 Å². The predicted octanol–water partition coefficient (Wildman–Crippen LogP) is 1.88. The van der Waals surface area contributed by atoms with Gasteiger partial charge in [0.1, 0.15) is 11.6 Å². The Morgan fingerprint density at radius 1 is 1.24 bits per heavy atom. The van der Waals surface area contributed by atoms with Crippen LogP contribution in [0.5, 0.6) is 0 Å². The van der Waals surface area contributed by atoms with E-state index in [1.165, 1.54) is 11.8 Å². The molecule has 2 atom stereocenters. The number of amides is 3. The number of carbonyl (C=O) groups is 3. The molecule has 0 heterocycles. The Hall–Kier alpha value is -3.08. The van der Waals surface area contributed by atoms with Crippen molar-refractivity contribution in [1.82, 2.24) is 10.2 Å². The van der Waals surface area contributed by atoms with Crippen LogP contribution >= 0.6 is 0 Å².